The van der Waals surface area contributed by atoms with Gasteiger partial charge in [-0.05, 0) is 50.2 Å². The zero-order valence-electron chi connectivity index (χ0n) is 16.5. The van der Waals surface area contributed by atoms with E-state index in [-0.39, 0.29) is 22.3 Å². The molecule has 0 aliphatic heterocycles. The van der Waals surface area contributed by atoms with Gasteiger partial charge in [-0.3, -0.25) is 9.59 Å². The molecule has 0 saturated heterocycles. The largest absolute Gasteiger partial charge is 0.325 e. The molecule has 0 aliphatic carbocycles. The lowest BCUT2D eigenvalue weighted by molar-refractivity contribution is -0.116. The Morgan fingerprint density at radius 2 is 1.26 bits per heavy atom. The quantitative estimate of drug-likeness (QED) is 0.355. The van der Waals surface area contributed by atoms with Crippen molar-refractivity contribution in [2.45, 2.75) is 33.0 Å². The fourth-order valence-corrected chi connectivity index (χ4v) is 6.01. The number of nitrogens with one attached hydrogen (secondary N) is 2. The summed E-state index contributed by atoms with van der Waals surface area (Å²) in [6, 6.07) is 14.0. The first-order chi connectivity index (χ1) is 14.8. The Morgan fingerprint density at radius 3 is 1.65 bits per heavy atom. The van der Waals surface area contributed by atoms with Gasteiger partial charge in [-0.1, -0.05) is 70.2 Å². The summed E-state index contributed by atoms with van der Waals surface area (Å²) in [4.78, 5) is 24.8. The van der Waals surface area contributed by atoms with E-state index in [0.717, 1.165) is 0 Å². The third-order valence-corrected chi connectivity index (χ3v) is 7.63. The second-order valence-corrected chi connectivity index (χ2v) is 11.4. The summed E-state index contributed by atoms with van der Waals surface area (Å²) >= 11 is 15.9. The van der Waals surface area contributed by atoms with Crippen molar-refractivity contribution in [2.75, 3.05) is 10.6 Å². The van der Waals surface area contributed by atoms with E-state index in [2.05, 4.69) is 20.8 Å². The lowest BCUT2D eigenvalue weighted by Crippen LogP contribution is -2.22. The van der Waals surface area contributed by atoms with Crippen LogP contribution in [0.25, 0.3) is 0 Å². The lowest BCUT2D eigenvalue weighted by atomic mass is 10.3. The molecule has 0 bridgehead atoms. The van der Waals surface area contributed by atoms with Crippen LogP contribution in [-0.2, 0) is 9.59 Å². The predicted octanol–water partition coefficient (Wildman–Crippen LogP) is 6.08. The van der Waals surface area contributed by atoms with E-state index >= 15 is 0 Å². The number of hydrogen-bond acceptors (Lipinski definition) is 7. The second kappa shape index (κ2) is 11.2. The number of carbonyl (C=O) groups is 2. The van der Waals surface area contributed by atoms with E-state index in [1.165, 1.54) is 34.9 Å². The van der Waals surface area contributed by atoms with Crippen LogP contribution in [0.4, 0.5) is 11.4 Å². The summed E-state index contributed by atoms with van der Waals surface area (Å²) in [5, 5.41) is 14.3. The van der Waals surface area contributed by atoms with Crippen LogP contribution in [0, 0.1) is 0 Å². The van der Waals surface area contributed by atoms with Crippen LogP contribution in [-0.4, -0.2) is 32.5 Å². The second-order valence-electron chi connectivity index (χ2n) is 6.35. The van der Waals surface area contributed by atoms with Crippen molar-refractivity contribution in [1.82, 2.24) is 10.2 Å². The molecule has 2 unspecified atom stereocenters. The molecule has 2 aromatic carbocycles. The van der Waals surface area contributed by atoms with Crippen molar-refractivity contribution in [1.29, 1.82) is 0 Å². The zero-order valence-corrected chi connectivity index (χ0v) is 20.4. The minimum absolute atomic E-state index is 0.161. The smallest absolute Gasteiger partial charge is 0.237 e. The van der Waals surface area contributed by atoms with Crippen molar-refractivity contribution in [3.63, 3.8) is 0 Å². The van der Waals surface area contributed by atoms with E-state index in [1.807, 2.05) is 0 Å². The third kappa shape index (κ3) is 7.40. The van der Waals surface area contributed by atoms with Crippen LogP contribution in [0.3, 0.4) is 0 Å². The van der Waals surface area contributed by atoms with E-state index in [4.69, 9.17) is 23.2 Å². The van der Waals surface area contributed by atoms with Gasteiger partial charge in [0.15, 0.2) is 8.68 Å². The fourth-order valence-electron chi connectivity index (χ4n) is 2.32. The normalized spacial score (nSPS) is 12.8. The molecule has 0 saturated carbocycles. The van der Waals surface area contributed by atoms with Gasteiger partial charge >= 0.3 is 0 Å². The Bertz CT molecular complexity index is 998. The fraction of sp³-hybridized carbons (Fsp3) is 0.200. The molecular weight excluding hydrogens is 495 g/mol. The van der Waals surface area contributed by atoms with Gasteiger partial charge in [-0.25, -0.2) is 0 Å². The highest BCUT2D eigenvalue weighted by molar-refractivity contribution is 8.04. The molecule has 0 spiro atoms. The number of rotatable bonds is 8. The molecule has 1 aromatic heterocycles. The Balaban J connectivity index is 1.52. The van der Waals surface area contributed by atoms with Crippen LogP contribution in [0.1, 0.15) is 13.8 Å². The van der Waals surface area contributed by atoms with Crippen LogP contribution in [0.5, 0.6) is 0 Å². The first-order valence-corrected chi connectivity index (χ1v) is 12.4. The van der Waals surface area contributed by atoms with Crippen molar-refractivity contribution in [3.05, 3.63) is 58.6 Å². The number of anilines is 2. The maximum atomic E-state index is 12.4. The van der Waals surface area contributed by atoms with Gasteiger partial charge in [0.1, 0.15) is 0 Å². The predicted molar refractivity (Wildman–Crippen MR) is 131 cm³/mol. The molecule has 2 atom stereocenters. The minimum Gasteiger partial charge on any atom is -0.325 e. The highest BCUT2D eigenvalue weighted by atomic mass is 35.5. The monoisotopic (exact) mass is 512 g/mol. The average molecular weight is 513 g/mol. The molecule has 3 aromatic rings. The summed E-state index contributed by atoms with van der Waals surface area (Å²) in [7, 11) is 0. The van der Waals surface area contributed by atoms with E-state index in [0.29, 0.717) is 30.1 Å². The first-order valence-electron chi connectivity index (χ1n) is 9.10. The Morgan fingerprint density at radius 1 is 0.839 bits per heavy atom. The number of benzene rings is 2. The van der Waals surface area contributed by atoms with Gasteiger partial charge in [-0.15, -0.1) is 10.2 Å². The van der Waals surface area contributed by atoms with E-state index in [1.54, 1.807) is 62.4 Å². The number of halogens is 2. The Hall–Kier alpha value is -1.78. The summed E-state index contributed by atoms with van der Waals surface area (Å²) in [5.41, 5.74) is 1.27. The standard InChI is InChI=1S/C20H18Cl2N4O2S3/c1-11(17(27)23-15-7-3-5-13(21)9-15)29-19-25-26-20(31-19)30-12(2)18(28)24-16-8-4-6-14(22)10-16/h3-12H,1-2H3,(H,23,27)(H,24,28). The molecule has 0 aliphatic rings. The van der Waals surface area contributed by atoms with Crippen molar-refractivity contribution < 1.29 is 9.59 Å². The van der Waals surface area contributed by atoms with Crippen molar-refractivity contribution >= 4 is 81.3 Å². The molecule has 1 heterocycles. The van der Waals surface area contributed by atoms with Gasteiger partial charge in [0.2, 0.25) is 11.8 Å². The number of carbonyl (C=O) groups excluding carboxylic acids is 2. The number of thioether (sulfide) groups is 2. The van der Waals surface area contributed by atoms with Crippen molar-refractivity contribution in [2.24, 2.45) is 0 Å². The SMILES string of the molecule is CC(Sc1nnc(SC(C)C(=O)Nc2cccc(Cl)c2)s1)C(=O)Nc1cccc(Cl)c1. The molecule has 162 valence electrons. The summed E-state index contributed by atoms with van der Waals surface area (Å²) < 4.78 is 1.30. The molecule has 31 heavy (non-hydrogen) atoms. The highest BCUT2D eigenvalue weighted by Gasteiger charge is 2.20. The maximum absolute atomic E-state index is 12.4. The van der Waals surface area contributed by atoms with Gasteiger partial charge in [-0.2, -0.15) is 0 Å². The Kier molecular flexibility index (Phi) is 8.62. The van der Waals surface area contributed by atoms with Gasteiger partial charge in [0.05, 0.1) is 10.5 Å². The maximum Gasteiger partial charge on any atom is 0.237 e. The topological polar surface area (TPSA) is 84.0 Å². The van der Waals surface area contributed by atoms with Gasteiger partial charge in [0, 0.05) is 21.4 Å². The molecule has 6 nitrogen and oxygen atoms in total. The summed E-state index contributed by atoms with van der Waals surface area (Å²) in [5.74, 6) is -0.322. The van der Waals surface area contributed by atoms with Crippen molar-refractivity contribution in [3.8, 4) is 0 Å². The average Bonchev–Trinajstić information content (AvgIpc) is 3.14. The van der Waals surface area contributed by atoms with E-state index in [9.17, 15) is 9.59 Å². The number of aromatic nitrogens is 2. The van der Waals surface area contributed by atoms with Gasteiger partial charge in [0.25, 0.3) is 0 Å². The van der Waals surface area contributed by atoms with Crippen LogP contribution < -0.4 is 10.6 Å². The number of nitrogens with zero attached hydrogens (tertiary/aromatic N) is 2. The lowest BCUT2D eigenvalue weighted by Gasteiger charge is -2.10. The van der Waals surface area contributed by atoms with Crippen LogP contribution >= 0.6 is 58.1 Å². The minimum atomic E-state index is -0.381. The molecular formula is C20H18Cl2N4O2S3. The first kappa shape index (κ1) is 23.9. The van der Waals surface area contributed by atoms with Gasteiger partial charge < -0.3 is 10.6 Å². The van der Waals surface area contributed by atoms with E-state index < -0.39 is 0 Å². The molecule has 0 radical (unpaired) electrons. The van der Waals surface area contributed by atoms with Crippen LogP contribution in [0.2, 0.25) is 10.0 Å². The number of hydrogen-bond donors (Lipinski definition) is 2. The highest BCUT2D eigenvalue weighted by Crippen LogP contribution is 2.33. The molecule has 0 fully saturated rings. The summed E-state index contributed by atoms with van der Waals surface area (Å²) in [6.07, 6.45) is 0. The number of amides is 2. The zero-order chi connectivity index (χ0) is 22.4. The molecule has 11 heteroatoms. The molecule has 3 rings (SSSR count). The third-order valence-electron chi connectivity index (χ3n) is 3.87. The summed E-state index contributed by atoms with van der Waals surface area (Å²) in [6.45, 7) is 3.58. The molecule has 2 N–H and O–H groups in total. The van der Waals surface area contributed by atoms with Crippen LogP contribution in [0.15, 0.2) is 57.2 Å². The Labute approximate surface area is 202 Å². The molecule has 2 amide bonds.